The molecule has 18 heavy (non-hydrogen) atoms. The second-order valence-electron chi connectivity index (χ2n) is 3.99. The Bertz CT molecular complexity index is 466. The van der Waals surface area contributed by atoms with Gasteiger partial charge >= 0.3 is 0 Å². The van der Waals surface area contributed by atoms with Crippen LogP contribution in [0.1, 0.15) is 11.1 Å². The van der Waals surface area contributed by atoms with Gasteiger partial charge in [0, 0.05) is 13.6 Å². The van der Waals surface area contributed by atoms with Crippen molar-refractivity contribution in [1.29, 1.82) is 5.26 Å². The first-order valence-electron chi connectivity index (χ1n) is 5.56. The Morgan fingerprint density at radius 2 is 2.28 bits per heavy atom. The summed E-state index contributed by atoms with van der Waals surface area (Å²) in [7, 11) is 5.00. The zero-order valence-electron chi connectivity index (χ0n) is 10.9. The van der Waals surface area contributed by atoms with E-state index in [0.717, 1.165) is 5.56 Å². The first-order chi connectivity index (χ1) is 8.60. The molecule has 5 nitrogen and oxygen atoms in total. The summed E-state index contributed by atoms with van der Waals surface area (Å²) in [6.45, 7) is 0.927. The fraction of sp³-hybridized carbons (Fsp3) is 0.385. The maximum atomic E-state index is 11.2. The first kappa shape index (κ1) is 14.0. The Hall–Kier alpha value is -2.06. The molecule has 1 aromatic carbocycles. The number of hydrogen-bond donors (Lipinski definition) is 1. The number of nitrogens with zero attached hydrogens (tertiary/aromatic N) is 2. The number of carbonyl (C=O) groups is 1. The van der Waals surface area contributed by atoms with Crippen molar-refractivity contribution in [3.63, 3.8) is 0 Å². The molecule has 1 amide bonds. The number of nitrogens with one attached hydrogen (secondary N) is 1. The highest BCUT2D eigenvalue weighted by Gasteiger charge is 2.08. The lowest BCUT2D eigenvalue weighted by molar-refractivity contribution is -0.121. The zero-order chi connectivity index (χ0) is 13.5. The van der Waals surface area contributed by atoms with E-state index in [9.17, 15) is 4.79 Å². The van der Waals surface area contributed by atoms with Gasteiger partial charge < -0.3 is 10.1 Å². The van der Waals surface area contributed by atoms with Crippen LogP contribution in [-0.4, -0.2) is 38.6 Å². The third-order valence-corrected chi connectivity index (χ3v) is 2.53. The van der Waals surface area contributed by atoms with E-state index in [-0.39, 0.29) is 5.91 Å². The van der Waals surface area contributed by atoms with Crippen LogP contribution >= 0.6 is 0 Å². The maximum Gasteiger partial charge on any atom is 0.233 e. The molecule has 5 heteroatoms. The van der Waals surface area contributed by atoms with Gasteiger partial charge in [0.05, 0.1) is 19.2 Å². The summed E-state index contributed by atoms with van der Waals surface area (Å²) >= 11 is 0. The van der Waals surface area contributed by atoms with Crippen molar-refractivity contribution in [1.82, 2.24) is 10.2 Å². The van der Waals surface area contributed by atoms with Crippen LogP contribution in [-0.2, 0) is 11.3 Å². The number of ether oxygens (including phenoxy) is 1. The van der Waals surface area contributed by atoms with Crippen molar-refractivity contribution in [3.05, 3.63) is 29.3 Å². The van der Waals surface area contributed by atoms with Gasteiger partial charge in [0.15, 0.2) is 0 Å². The van der Waals surface area contributed by atoms with Crippen LogP contribution in [0.25, 0.3) is 0 Å². The van der Waals surface area contributed by atoms with Crippen molar-refractivity contribution in [2.75, 3.05) is 27.7 Å². The summed E-state index contributed by atoms with van der Waals surface area (Å²) in [6.07, 6.45) is 0. The fourth-order valence-corrected chi connectivity index (χ4v) is 1.63. The molecular weight excluding hydrogens is 230 g/mol. The number of hydrogen-bond acceptors (Lipinski definition) is 4. The number of carbonyl (C=O) groups excluding carboxylic acids is 1. The molecule has 0 radical (unpaired) electrons. The van der Waals surface area contributed by atoms with Crippen LogP contribution < -0.4 is 10.1 Å². The number of rotatable bonds is 5. The van der Waals surface area contributed by atoms with Gasteiger partial charge in [0.25, 0.3) is 0 Å². The quantitative estimate of drug-likeness (QED) is 0.833. The standard InChI is InChI=1S/C13H17N3O2/c1-15-13(17)9-16(2)8-10-4-5-12(18-3)11(6-10)7-14/h4-6H,8-9H2,1-3H3,(H,15,17). The molecule has 0 spiro atoms. The second kappa shape index (κ2) is 6.62. The second-order valence-corrected chi connectivity index (χ2v) is 3.99. The predicted molar refractivity (Wildman–Crippen MR) is 68.1 cm³/mol. The number of amides is 1. The summed E-state index contributed by atoms with van der Waals surface area (Å²) in [5, 5.41) is 11.6. The van der Waals surface area contributed by atoms with E-state index in [2.05, 4.69) is 11.4 Å². The van der Waals surface area contributed by atoms with Gasteiger partial charge in [0.1, 0.15) is 11.8 Å². The van der Waals surface area contributed by atoms with Crippen molar-refractivity contribution < 1.29 is 9.53 Å². The van der Waals surface area contributed by atoms with Gasteiger partial charge in [-0.15, -0.1) is 0 Å². The van der Waals surface area contributed by atoms with E-state index in [4.69, 9.17) is 10.00 Å². The molecule has 0 fully saturated rings. The number of methoxy groups -OCH3 is 1. The number of likely N-dealkylation sites (N-methyl/N-ethyl adjacent to an activating group) is 2. The highest BCUT2D eigenvalue weighted by atomic mass is 16.5. The van der Waals surface area contributed by atoms with Crippen molar-refractivity contribution in [2.24, 2.45) is 0 Å². The molecule has 96 valence electrons. The number of nitriles is 1. The lowest BCUT2D eigenvalue weighted by atomic mass is 10.1. The minimum atomic E-state index is -0.0356. The van der Waals surface area contributed by atoms with Crippen LogP contribution in [0.4, 0.5) is 0 Å². The third-order valence-electron chi connectivity index (χ3n) is 2.53. The van der Waals surface area contributed by atoms with Crippen LogP contribution in [0.5, 0.6) is 5.75 Å². The van der Waals surface area contributed by atoms with Crippen LogP contribution in [0.3, 0.4) is 0 Å². The van der Waals surface area contributed by atoms with Crippen molar-refractivity contribution in [3.8, 4) is 11.8 Å². The molecule has 0 aromatic heterocycles. The predicted octanol–water partition coefficient (Wildman–Crippen LogP) is 0.745. The van der Waals surface area contributed by atoms with Crippen LogP contribution in [0.2, 0.25) is 0 Å². The highest BCUT2D eigenvalue weighted by Crippen LogP contribution is 2.19. The minimum absolute atomic E-state index is 0.0356. The Morgan fingerprint density at radius 1 is 1.56 bits per heavy atom. The SMILES string of the molecule is CNC(=O)CN(C)Cc1ccc(OC)c(C#N)c1. The molecule has 1 aromatic rings. The highest BCUT2D eigenvalue weighted by molar-refractivity contribution is 5.77. The van der Waals surface area contributed by atoms with E-state index in [1.807, 2.05) is 18.0 Å². The first-order valence-corrected chi connectivity index (χ1v) is 5.56. The van der Waals surface area contributed by atoms with Crippen molar-refractivity contribution >= 4 is 5.91 Å². The zero-order valence-corrected chi connectivity index (χ0v) is 10.9. The van der Waals surface area contributed by atoms with Crippen molar-refractivity contribution in [2.45, 2.75) is 6.54 Å². The van der Waals surface area contributed by atoms with E-state index >= 15 is 0 Å². The van der Waals surface area contributed by atoms with Gasteiger partial charge in [-0.25, -0.2) is 0 Å². The van der Waals surface area contributed by atoms with Crippen LogP contribution in [0, 0.1) is 11.3 Å². The van der Waals surface area contributed by atoms with Gasteiger partial charge in [-0.05, 0) is 24.7 Å². The Labute approximate surface area is 107 Å². The molecular formula is C13H17N3O2. The van der Waals surface area contributed by atoms with Gasteiger partial charge in [-0.2, -0.15) is 5.26 Å². The lowest BCUT2D eigenvalue weighted by Gasteiger charge is -2.16. The molecule has 0 aliphatic heterocycles. The molecule has 0 saturated carbocycles. The molecule has 0 saturated heterocycles. The third kappa shape index (κ3) is 3.75. The average Bonchev–Trinajstić information content (AvgIpc) is 2.38. The van der Waals surface area contributed by atoms with E-state index in [0.29, 0.717) is 24.4 Å². The molecule has 0 aliphatic carbocycles. The van der Waals surface area contributed by atoms with E-state index in [1.165, 1.54) is 7.11 Å². The monoisotopic (exact) mass is 247 g/mol. The van der Waals surface area contributed by atoms with Gasteiger partial charge in [-0.3, -0.25) is 9.69 Å². The fourth-order valence-electron chi connectivity index (χ4n) is 1.63. The van der Waals surface area contributed by atoms with Gasteiger partial charge in [-0.1, -0.05) is 6.07 Å². The minimum Gasteiger partial charge on any atom is -0.495 e. The van der Waals surface area contributed by atoms with E-state index in [1.54, 1.807) is 19.2 Å². The maximum absolute atomic E-state index is 11.2. The van der Waals surface area contributed by atoms with Gasteiger partial charge in [0.2, 0.25) is 5.91 Å². The largest absolute Gasteiger partial charge is 0.495 e. The Morgan fingerprint density at radius 3 is 2.83 bits per heavy atom. The lowest BCUT2D eigenvalue weighted by Crippen LogP contribution is -2.32. The average molecular weight is 247 g/mol. The molecule has 1 rings (SSSR count). The molecule has 1 N–H and O–H groups in total. The Kier molecular flexibility index (Phi) is 5.15. The van der Waals surface area contributed by atoms with E-state index < -0.39 is 0 Å². The molecule has 0 atom stereocenters. The Balaban J connectivity index is 2.74. The summed E-state index contributed by atoms with van der Waals surface area (Å²) in [6, 6.07) is 7.52. The molecule has 0 aliphatic rings. The summed E-state index contributed by atoms with van der Waals surface area (Å²) in [4.78, 5) is 13.1. The number of benzene rings is 1. The molecule has 0 unspecified atom stereocenters. The normalized spacial score (nSPS) is 9.94. The molecule has 0 heterocycles. The topological polar surface area (TPSA) is 65.4 Å². The summed E-state index contributed by atoms with van der Waals surface area (Å²) < 4.78 is 5.08. The smallest absolute Gasteiger partial charge is 0.233 e. The molecule has 0 bridgehead atoms. The summed E-state index contributed by atoms with van der Waals surface area (Å²) in [5.41, 5.74) is 1.47. The summed E-state index contributed by atoms with van der Waals surface area (Å²) in [5.74, 6) is 0.529. The van der Waals surface area contributed by atoms with Crippen LogP contribution in [0.15, 0.2) is 18.2 Å².